The van der Waals surface area contributed by atoms with Crippen molar-refractivity contribution >= 4 is 6.03 Å². The van der Waals surface area contributed by atoms with Gasteiger partial charge in [0, 0.05) is 31.2 Å². The number of rotatable bonds is 6. The van der Waals surface area contributed by atoms with Gasteiger partial charge in [-0.2, -0.15) is 0 Å². The Bertz CT molecular complexity index is 483. The molecule has 3 N–H and O–H groups in total. The first-order chi connectivity index (χ1) is 9.85. The maximum absolute atomic E-state index is 13.6. The van der Waals surface area contributed by atoms with Crippen LogP contribution >= 0.6 is 0 Å². The molecule has 0 bridgehead atoms. The molecule has 2 amide bonds. The summed E-state index contributed by atoms with van der Waals surface area (Å²) in [4.78, 5) is 11.7. The summed E-state index contributed by atoms with van der Waals surface area (Å²) in [5, 5.41) is 14.3. The lowest BCUT2D eigenvalue weighted by Crippen LogP contribution is -2.45. The summed E-state index contributed by atoms with van der Waals surface area (Å²) >= 11 is 0. The van der Waals surface area contributed by atoms with Gasteiger partial charge in [-0.15, -0.1) is 0 Å². The number of aliphatic hydroxyl groups excluding tert-OH is 1. The summed E-state index contributed by atoms with van der Waals surface area (Å²) < 4.78 is 26.4. The topological polar surface area (TPSA) is 61.4 Å². The molecule has 0 fully saturated rings. The predicted molar refractivity (Wildman–Crippen MR) is 77.0 cm³/mol. The van der Waals surface area contributed by atoms with E-state index in [1.165, 1.54) is 12.1 Å². The van der Waals surface area contributed by atoms with Crippen LogP contribution < -0.4 is 10.6 Å². The SMILES string of the molecule is CC(CNC(=O)NC(C)C(C)CO)c1ccc(F)cc1F. The minimum Gasteiger partial charge on any atom is -0.396 e. The Morgan fingerprint density at radius 1 is 1.29 bits per heavy atom. The Labute approximate surface area is 123 Å². The number of amides is 2. The molecular formula is C15H22F2N2O2. The van der Waals surface area contributed by atoms with E-state index >= 15 is 0 Å². The molecule has 0 saturated heterocycles. The standard InChI is InChI=1S/C15H22F2N2O2/c1-9(13-5-4-12(16)6-14(13)17)7-18-15(21)19-11(3)10(2)8-20/h4-6,9-11,20H,7-8H2,1-3H3,(H2,18,19,21). The lowest BCUT2D eigenvalue weighted by Gasteiger charge is -2.20. The number of hydrogen-bond acceptors (Lipinski definition) is 2. The van der Waals surface area contributed by atoms with Crippen LogP contribution in [0.4, 0.5) is 13.6 Å². The number of urea groups is 1. The van der Waals surface area contributed by atoms with Gasteiger partial charge in [-0.05, 0) is 24.5 Å². The molecule has 0 heterocycles. The van der Waals surface area contributed by atoms with Gasteiger partial charge >= 0.3 is 6.03 Å². The first-order valence-corrected chi connectivity index (χ1v) is 6.95. The first kappa shape index (κ1) is 17.4. The highest BCUT2D eigenvalue weighted by atomic mass is 19.1. The minimum atomic E-state index is -0.624. The van der Waals surface area contributed by atoms with Crippen LogP contribution in [0.25, 0.3) is 0 Å². The van der Waals surface area contributed by atoms with E-state index in [-0.39, 0.29) is 37.1 Å². The molecule has 0 saturated carbocycles. The summed E-state index contributed by atoms with van der Waals surface area (Å²) in [6.45, 7) is 5.58. The van der Waals surface area contributed by atoms with Crippen molar-refractivity contribution in [2.45, 2.75) is 32.7 Å². The summed E-state index contributed by atoms with van der Waals surface area (Å²) in [7, 11) is 0. The van der Waals surface area contributed by atoms with Gasteiger partial charge in [0.15, 0.2) is 0 Å². The number of nitrogens with one attached hydrogen (secondary N) is 2. The molecule has 4 nitrogen and oxygen atoms in total. The maximum Gasteiger partial charge on any atom is 0.315 e. The van der Waals surface area contributed by atoms with Crippen LogP contribution in [0.15, 0.2) is 18.2 Å². The second kappa shape index (κ2) is 7.93. The summed E-state index contributed by atoms with van der Waals surface area (Å²) in [5.41, 5.74) is 0.355. The van der Waals surface area contributed by atoms with E-state index in [9.17, 15) is 13.6 Å². The molecule has 1 rings (SSSR count). The monoisotopic (exact) mass is 300 g/mol. The van der Waals surface area contributed by atoms with E-state index in [1.54, 1.807) is 13.8 Å². The van der Waals surface area contributed by atoms with Gasteiger partial charge in [0.1, 0.15) is 11.6 Å². The Morgan fingerprint density at radius 3 is 2.52 bits per heavy atom. The Kier molecular flexibility index (Phi) is 6.55. The third-order valence-corrected chi connectivity index (χ3v) is 3.56. The molecule has 0 radical (unpaired) electrons. The van der Waals surface area contributed by atoms with Gasteiger partial charge in [-0.3, -0.25) is 0 Å². The molecule has 0 aliphatic heterocycles. The molecule has 1 aromatic rings. The zero-order chi connectivity index (χ0) is 16.0. The fraction of sp³-hybridized carbons (Fsp3) is 0.533. The Hall–Kier alpha value is -1.69. The number of benzene rings is 1. The average Bonchev–Trinajstić information content (AvgIpc) is 2.43. The van der Waals surface area contributed by atoms with Crippen LogP contribution in [-0.2, 0) is 0 Å². The number of halogens is 2. The van der Waals surface area contributed by atoms with Crippen molar-refractivity contribution in [3.05, 3.63) is 35.4 Å². The van der Waals surface area contributed by atoms with E-state index in [4.69, 9.17) is 5.11 Å². The van der Waals surface area contributed by atoms with Crippen molar-refractivity contribution in [3.8, 4) is 0 Å². The number of carbonyl (C=O) groups excluding carboxylic acids is 1. The zero-order valence-electron chi connectivity index (χ0n) is 12.5. The van der Waals surface area contributed by atoms with Crippen LogP contribution in [-0.4, -0.2) is 30.3 Å². The van der Waals surface area contributed by atoms with Crippen molar-refractivity contribution in [3.63, 3.8) is 0 Å². The van der Waals surface area contributed by atoms with E-state index < -0.39 is 11.6 Å². The van der Waals surface area contributed by atoms with Crippen LogP contribution in [0.2, 0.25) is 0 Å². The molecule has 118 valence electrons. The van der Waals surface area contributed by atoms with E-state index in [0.29, 0.717) is 5.56 Å². The van der Waals surface area contributed by atoms with Gasteiger partial charge in [-0.1, -0.05) is 19.9 Å². The van der Waals surface area contributed by atoms with E-state index in [0.717, 1.165) is 6.07 Å². The highest BCUT2D eigenvalue weighted by Gasteiger charge is 2.16. The molecule has 1 aromatic carbocycles. The second-order valence-electron chi connectivity index (χ2n) is 5.37. The summed E-state index contributed by atoms with van der Waals surface area (Å²) in [6, 6.07) is 2.85. The van der Waals surface area contributed by atoms with Crippen molar-refractivity contribution in [2.24, 2.45) is 5.92 Å². The molecule has 0 aliphatic rings. The Morgan fingerprint density at radius 2 is 1.95 bits per heavy atom. The van der Waals surface area contributed by atoms with Gasteiger partial charge in [-0.25, -0.2) is 13.6 Å². The van der Waals surface area contributed by atoms with Crippen molar-refractivity contribution in [1.29, 1.82) is 0 Å². The number of hydrogen-bond donors (Lipinski definition) is 3. The second-order valence-corrected chi connectivity index (χ2v) is 5.37. The highest BCUT2D eigenvalue weighted by molar-refractivity contribution is 5.74. The van der Waals surface area contributed by atoms with Gasteiger partial charge in [0.2, 0.25) is 0 Å². The van der Waals surface area contributed by atoms with Crippen LogP contribution in [0, 0.1) is 17.6 Å². The van der Waals surface area contributed by atoms with Gasteiger partial charge in [0.25, 0.3) is 0 Å². The zero-order valence-corrected chi connectivity index (χ0v) is 12.5. The van der Waals surface area contributed by atoms with E-state index in [2.05, 4.69) is 10.6 Å². The van der Waals surface area contributed by atoms with Crippen LogP contribution in [0.3, 0.4) is 0 Å². The normalized spacial score (nSPS) is 15.1. The molecule has 3 unspecified atom stereocenters. The van der Waals surface area contributed by atoms with Crippen LogP contribution in [0.1, 0.15) is 32.3 Å². The minimum absolute atomic E-state index is 0.0152. The summed E-state index contributed by atoms with van der Waals surface area (Å²) in [5.74, 6) is -1.57. The fourth-order valence-electron chi connectivity index (χ4n) is 1.82. The van der Waals surface area contributed by atoms with Gasteiger partial charge in [0.05, 0.1) is 0 Å². The molecule has 0 aromatic heterocycles. The maximum atomic E-state index is 13.6. The molecule has 3 atom stereocenters. The molecule has 0 aliphatic carbocycles. The third kappa shape index (κ3) is 5.30. The lowest BCUT2D eigenvalue weighted by molar-refractivity contribution is 0.200. The fourth-order valence-corrected chi connectivity index (χ4v) is 1.82. The quantitative estimate of drug-likeness (QED) is 0.755. The Balaban J connectivity index is 2.49. The smallest absolute Gasteiger partial charge is 0.315 e. The molecular weight excluding hydrogens is 278 g/mol. The van der Waals surface area contributed by atoms with Crippen molar-refractivity contribution in [1.82, 2.24) is 10.6 Å². The predicted octanol–water partition coefficient (Wildman–Crippen LogP) is 2.38. The number of carbonyl (C=O) groups is 1. The van der Waals surface area contributed by atoms with Crippen molar-refractivity contribution in [2.75, 3.05) is 13.2 Å². The summed E-state index contributed by atoms with van der Waals surface area (Å²) in [6.07, 6.45) is 0. The van der Waals surface area contributed by atoms with Gasteiger partial charge < -0.3 is 15.7 Å². The highest BCUT2D eigenvalue weighted by Crippen LogP contribution is 2.19. The molecule has 0 spiro atoms. The molecule has 21 heavy (non-hydrogen) atoms. The van der Waals surface area contributed by atoms with Crippen LogP contribution in [0.5, 0.6) is 0 Å². The largest absolute Gasteiger partial charge is 0.396 e. The lowest BCUT2D eigenvalue weighted by atomic mass is 10.0. The average molecular weight is 300 g/mol. The molecule has 6 heteroatoms. The third-order valence-electron chi connectivity index (χ3n) is 3.56. The van der Waals surface area contributed by atoms with Crippen molar-refractivity contribution < 1.29 is 18.7 Å². The first-order valence-electron chi connectivity index (χ1n) is 6.95. The number of aliphatic hydroxyl groups is 1. The van der Waals surface area contributed by atoms with E-state index in [1.807, 2.05) is 6.92 Å².